The molecule has 33 heavy (non-hydrogen) atoms. The molecule has 3 fully saturated rings. The van der Waals surface area contributed by atoms with Crippen LogP contribution in [-0.2, 0) is 4.79 Å². The van der Waals surface area contributed by atoms with E-state index in [4.69, 9.17) is 0 Å². The van der Waals surface area contributed by atoms with Crippen LogP contribution in [-0.4, -0.2) is 72.5 Å². The third-order valence-electron chi connectivity index (χ3n) is 6.48. The van der Waals surface area contributed by atoms with Gasteiger partial charge in [-0.25, -0.2) is 4.79 Å². The summed E-state index contributed by atoms with van der Waals surface area (Å²) in [5, 5.41) is 6.01. The van der Waals surface area contributed by atoms with Crippen LogP contribution in [0.3, 0.4) is 0 Å². The molecule has 3 aliphatic rings. The molecule has 1 aromatic rings. The summed E-state index contributed by atoms with van der Waals surface area (Å²) in [7, 11) is 0. The number of hydrogen-bond acceptors (Lipinski definition) is 4. The Morgan fingerprint density at radius 3 is 2.15 bits per heavy atom. The van der Waals surface area contributed by atoms with Gasteiger partial charge in [-0.3, -0.25) is 9.59 Å². The van der Waals surface area contributed by atoms with Gasteiger partial charge >= 0.3 is 6.03 Å². The van der Waals surface area contributed by atoms with Crippen LogP contribution < -0.4 is 15.5 Å². The topological polar surface area (TPSA) is 85.0 Å². The van der Waals surface area contributed by atoms with Gasteiger partial charge in [-0.15, -0.1) is 0 Å². The minimum atomic E-state index is -0.275. The first kappa shape index (κ1) is 23.4. The maximum Gasteiger partial charge on any atom is 0.317 e. The number of likely N-dealkylation sites (tertiary alicyclic amines) is 1. The molecule has 0 bridgehead atoms. The van der Waals surface area contributed by atoms with Crippen molar-refractivity contribution >= 4 is 29.2 Å². The van der Waals surface area contributed by atoms with Crippen molar-refractivity contribution in [3.05, 3.63) is 23.8 Å². The maximum absolute atomic E-state index is 13.5. The molecule has 180 valence electrons. The van der Waals surface area contributed by atoms with E-state index in [9.17, 15) is 14.4 Å². The second-order valence-electron chi connectivity index (χ2n) is 10.5. The van der Waals surface area contributed by atoms with Crippen LogP contribution >= 0.6 is 0 Å². The standard InChI is InChI=1S/C25H37N5O3/c1-25(2,3)27-24(33)30-15-13-28(14-16-30)21-10-9-19(26-22(31)18-7-8-18)17-20(21)23(32)29-11-5-4-6-12-29/h9-10,17-18H,4-8,11-16H2,1-3H3,(H,26,31)(H,27,33). The summed E-state index contributed by atoms with van der Waals surface area (Å²) in [6, 6.07) is 5.63. The van der Waals surface area contributed by atoms with Crippen molar-refractivity contribution in [2.75, 3.05) is 49.5 Å². The molecule has 0 atom stereocenters. The Balaban J connectivity index is 1.50. The lowest BCUT2D eigenvalue weighted by molar-refractivity contribution is -0.117. The van der Waals surface area contributed by atoms with Crippen LogP contribution in [0.1, 0.15) is 63.2 Å². The smallest absolute Gasteiger partial charge is 0.317 e. The lowest BCUT2D eigenvalue weighted by Gasteiger charge is -2.38. The molecule has 4 rings (SSSR count). The van der Waals surface area contributed by atoms with Crippen LogP contribution in [0.2, 0.25) is 0 Å². The number of nitrogens with one attached hydrogen (secondary N) is 2. The highest BCUT2D eigenvalue weighted by atomic mass is 16.2. The molecule has 0 radical (unpaired) electrons. The van der Waals surface area contributed by atoms with E-state index in [1.807, 2.05) is 48.8 Å². The van der Waals surface area contributed by atoms with Crippen molar-refractivity contribution in [1.82, 2.24) is 15.1 Å². The van der Waals surface area contributed by atoms with Gasteiger partial charge in [0.1, 0.15) is 0 Å². The quantitative estimate of drug-likeness (QED) is 0.730. The Hall–Kier alpha value is -2.77. The minimum absolute atomic E-state index is 0.0279. The molecule has 4 amide bonds. The maximum atomic E-state index is 13.5. The molecule has 2 N–H and O–H groups in total. The molecule has 2 heterocycles. The number of piperidine rings is 1. The summed E-state index contributed by atoms with van der Waals surface area (Å²) in [5.74, 6) is 0.177. The van der Waals surface area contributed by atoms with E-state index in [1.54, 1.807) is 0 Å². The first-order valence-electron chi connectivity index (χ1n) is 12.3. The van der Waals surface area contributed by atoms with Crippen LogP contribution in [0.15, 0.2) is 18.2 Å². The Labute approximate surface area is 196 Å². The zero-order chi connectivity index (χ0) is 23.6. The number of urea groups is 1. The number of amides is 4. The molecule has 8 nitrogen and oxygen atoms in total. The summed E-state index contributed by atoms with van der Waals surface area (Å²) in [6.07, 6.45) is 5.10. The monoisotopic (exact) mass is 455 g/mol. The van der Waals surface area contributed by atoms with E-state index >= 15 is 0 Å². The van der Waals surface area contributed by atoms with Gasteiger partial charge in [0.2, 0.25) is 5.91 Å². The van der Waals surface area contributed by atoms with Gasteiger partial charge in [0.25, 0.3) is 5.91 Å². The number of carbonyl (C=O) groups is 3. The molecule has 0 aromatic heterocycles. The molecule has 8 heteroatoms. The predicted octanol–water partition coefficient (Wildman–Crippen LogP) is 3.29. The van der Waals surface area contributed by atoms with E-state index < -0.39 is 0 Å². The second-order valence-corrected chi connectivity index (χ2v) is 10.5. The van der Waals surface area contributed by atoms with E-state index in [-0.39, 0.29) is 29.3 Å². The third kappa shape index (κ3) is 5.97. The van der Waals surface area contributed by atoms with Crippen LogP contribution in [0.4, 0.5) is 16.2 Å². The molecule has 1 aromatic carbocycles. The average Bonchev–Trinajstić information content (AvgIpc) is 3.64. The van der Waals surface area contributed by atoms with Crippen molar-refractivity contribution in [1.29, 1.82) is 0 Å². The molecule has 1 saturated carbocycles. The van der Waals surface area contributed by atoms with Crippen LogP contribution in [0.5, 0.6) is 0 Å². The first-order valence-corrected chi connectivity index (χ1v) is 12.3. The number of nitrogens with zero attached hydrogens (tertiary/aromatic N) is 3. The summed E-state index contributed by atoms with van der Waals surface area (Å²) < 4.78 is 0. The Morgan fingerprint density at radius 1 is 0.879 bits per heavy atom. The zero-order valence-electron chi connectivity index (χ0n) is 20.2. The van der Waals surface area contributed by atoms with Crippen LogP contribution in [0, 0.1) is 5.92 Å². The van der Waals surface area contributed by atoms with Crippen molar-refractivity contribution in [2.24, 2.45) is 5.92 Å². The highest BCUT2D eigenvalue weighted by Gasteiger charge is 2.31. The third-order valence-corrected chi connectivity index (χ3v) is 6.48. The van der Waals surface area contributed by atoms with Crippen LogP contribution in [0.25, 0.3) is 0 Å². The largest absolute Gasteiger partial charge is 0.367 e. The van der Waals surface area contributed by atoms with Gasteiger partial charge in [-0.05, 0) is 71.1 Å². The molecular formula is C25H37N5O3. The van der Waals surface area contributed by atoms with Gasteiger partial charge in [0.15, 0.2) is 0 Å². The fourth-order valence-electron chi connectivity index (χ4n) is 4.47. The molecular weight excluding hydrogens is 418 g/mol. The highest BCUT2D eigenvalue weighted by molar-refractivity contribution is 6.02. The van der Waals surface area contributed by atoms with Crippen molar-refractivity contribution in [3.63, 3.8) is 0 Å². The van der Waals surface area contributed by atoms with Gasteiger partial charge in [-0.2, -0.15) is 0 Å². The number of anilines is 2. The summed E-state index contributed by atoms with van der Waals surface area (Å²) in [4.78, 5) is 44.3. The zero-order valence-corrected chi connectivity index (χ0v) is 20.2. The molecule has 0 spiro atoms. The van der Waals surface area contributed by atoms with Crippen molar-refractivity contribution in [3.8, 4) is 0 Å². The van der Waals surface area contributed by atoms with E-state index in [1.165, 1.54) is 0 Å². The Kier molecular flexibility index (Phi) is 6.81. The van der Waals surface area contributed by atoms with Gasteiger partial charge in [-0.1, -0.05) is 0 Å². The molecule has 2 aliphatic heterocycles. The molecule has 0 unspecified atom stereocenters. The van der Waals surface area contributed by atoms with Crippen molar-refractivity contribution in [2.45, 2.75) is 58.4 Å². The number of carbonyl (C=O) groups excluding carboxylic acids is 3. The molecule has 1 aliphatic carbocycles. The van der Waals surface area contributed by atoms with E-state index in [0.717, 1.165) is 50.9 Å². The lowest BCUT2D eigenvalue weighted by atomic mass is 10.1. The van der Waals surface area contributed by atoms with E-state index in [0.29, 0.717) is 37.4 Å². The second kappa shape index (κ2) is 9.61. The minimum Gasteiger partial charge on any atom is -0.367 e. The first-order chi connectivity index (χ1) is 15.7. The summed E-state index contributed by atoms with van der Waals surface area (Å²) >= 11 is 0. The lowest BCUT2D eigenvalue weighted by Crippen LogP contribution is -2.55. The summed E-state index contributed by atoms with van der Waals surface area (Å²) in [5.41, 5.74) is 1.92. The average molecular weight is 456 g/mol. The number of hydrogen-bond donors (Lipinski definition) is 2. The van der Waals surface area contributed by atoms with Gasteiger partial charge in [0, 0.05) is 62.1 Å². The number of benzene rings is 1. The Bertz CT molecular complexity index is 892. The number of piperazine rings is 1. The van der Waals surface area contributed by atoms with Gasteiger partial charge in [0.05, 0.1) is 5.56 Å². The highest BCUT2D eigenvalue weighted by Crippen LogP contribution is 2.32. The normalized spacial score (nSPS) is 19.3. The fraction of sp³-hybridized carbons (Fsp3) is 0.640. The number of rotatable bonds is 4. The van der Waals surface area contributed by atoms with Gasteiger partial charge < -0.3 is 25.3 Å². The SMILES string of the molecule is CC(C)(C)NC(=O)N1CCN(c2ccc(NC(=O)C3CC3)cc2C(=O)N2CCCCC2)CC1. The Morgan fingerprint density at radius 2 is 1.55 bits per heavy atom. The predicted molar refractivity (Wildman–Crippen MR) is 130 cm³/mol. The summed E-state index contributed by atoms with van der Waals surface area (Å²) in [6.45, 7) is 9.99. The fourth-order valence-corrected chi connectivity index (χ4v) is 4.47. The molecule has 2 saturated heterocycles. The van der Waals surface area contributed by atoms with E-state index in [2.05, 4.69) is 15.5 Å². The van der Waals surface area contributed by atoms with Crippen molar-refractivity contribution < 1.29 is 14.4 Å².